The van der Waals surface area contributed by atoms with E-state index in [1.54, 1.807) is 0 Å². The van der Waals surface area contributed by atoms with Gasteiger partial charge in [-0.3, -0.25) is 4.79 Å². The van der Waals surface area contributed by atoms with Gasteiger partial charge >= 0.3 is 5.97 Å². The second-order valence-corrected chi connectivity index (χ2v) is 4.87. The highest BCUT2D eigenvalue weighted by Gasteiger charge is 2.20. The van der Waals surface area contributed by atoms with E-state index in [9.17, 15) is 4.79 Å². The van der Waals surface area contributed by atoms with Gasteiger partial charge in [-0.05, 0) is 49.6 Å². The van der Waals surface area contributed by atoms with Gasteiger partial charge in [-0.15, -0.1) is 0 Å². The number of carbonyl (C=O) groups excluding carboxylic acids is 1. The molecule has 0 bridgehead atoms. The number of aromatic nitrogens is 1. The van der Waals surface area contributed by atoms with Crippen LogP contribution in [0.1, 0.15) is 37.3 Å². The van der Waals surface area contributed by atoms with E-state index in [0.29, 0.717) is 13.2 Å². The molecule has 0 saturated heterocycles. The topological polar surface area (TPSA) is 68.1 Å². The minimum absolute atomic E-state index is 0.148. The number of hydrogen-bond acceptors (Lipinski definition) is 3. The molecule has 2 aromatic rings. The summed E-state index contributed by atoms with van der Waals surface area (Å²) in [4.78, 5) is 15.2. The van der Waals surface area contributed by atoms with Gasteiger partial charge in [-0.1, -0.05) is 13.0 Å². The summed E-state index contributed by atoms with van der Waals surface area (Å²) >= 11 is 0. The fraction of sp³-hybridized carbons (Fsp3) is 0.438. The summed E-state index contributed by atoms with van der Waals surface area (Å²) in [5, 5.41) is 1.15. The Bertz CT molecular complexity index is 589. The Morgan fingerprint density at radius 1 is 1.40 bits per heavy atom. The van der Waals surface area contributed by atoms with E-state index in [1.165, 1.54) is 5.56 Å². The number of nitrogens with two attached hydrogens (primary N) is 1. The molecule has 0 amide bonds. The molecule has 1 aromatic carbocycles. The number of nitrogens with one attached hydrogen (secondary N) is 1. The van der Waals surface area contributed by atoms with Gasteiger partial charge in [0.25, 0.3) is 0 Å². The Hall–Kier alpha value is -1.81. The Morgan fingerprint density at radius 2 is 2.20 bits per heavy atom. The number of hydrogen-bond donors (Lipinski definition) is 2. The molecule has 4 heteroatoms. The van der Waals surface area contributed by atoms with E-state index < -0.39 is 0 Å². The third-order valence-corrected chi connectivity index (χ3v) is 3.59. The van der Waals surface area contributed by atoms with Gasteiger partial charge in [0.05, 0.1) is 12.5 Å². The number of aromatic amines is 1. The zero-order chi connectivity index (χ0) is 14.5. The minimum atomic E-state index is -0.194. The number of carbonyl (C=O) groups is 1. The van der Waals surface area contributed by atoms with Crippen LogP contribution in [0.25, 0.3) is 10.9 Å². The Labute approximate surface area is 119 Å². The summed E-state index contributed by atoms with van der Waals surface area (Å²) in [6, 6.07) is 6.10. The lowest BCUT2D eigenvalue weighted by Gasteiger charge is -2.14. The molecular weight excluding hydrogens is 252 g/mol. The second kappa shape index (κ2) is 6.57. The maximum Gasteiger partial charge on any atom is 0.313 e. The standard InChI is InChI=1S/C16H22N2O2/c1-3-13(16(19)20-4-2)11-5-6-15-14(9-11)12(7-8-17)10-18-15/h5-6,9-10,13,18H,3-4,7-8,17H2,1-2H3. The van der Waals surface area contributed by atoms with Crippen molar-refractivity contribution >= 4 is 16.9 Å². The van der Waals surface area contributed by atoms with Crippen LogP contribution in [0.4, 0.5) is 0 Å². The number of ether oxygens (including phenoxy) is 1. The van der Waals surface area contributed by atoms with Crippen LogP contribution in [-0.4, -0.2) is 24.1 Å². The maximum absolute atomic E-state index is 12.0. The van der Waals surface area contributed by atoms with Crippen LogP contribution in [0.5, 0.6) is 0 Å². The molecule has 0 spiro atoms. The maximum atomic E-state index is 12.0. The summed E-state index contributed by atoms with van der Waals surface area (Å²) in [6.07, 6.45) is 3.56. The van der Waals surface area contributed by atoms with Gasteiger partial charge in [-0.2, -0.15) is 0 Å². The average Bonchev–Trinajstić information content (AvgIpc) is 2.83. The van der Waals surface area contributed by atoms with Crippen molar-refractivity contribution in [1.82, 2.24) is 4.98 Å². The third-order valence-electron chi connectivity index (χ3n) is 3.59. The molecule has 0 fully saturated rings. The second-order valence-electron chi connectivity index (χ2n) is 4.87. The first-order valence-corrected chi connectivity index (χ1v) is 7.17. The molecule has 0 aliphatic heterocycles. The third kappa shape index (κ3) is 2.85. The zero-order valence-corrected chi connectivity index (χ0v) is 12.1. The van der Waals surface area contributed by atoms with Crippen molar-refractivity contribution < 1.29 is 9.53 Å². The lowest BCUT2D eigenvalue weighted by molar-refractivity contribution is -0.145. The molecule has 0 aliphatic rings. The molecule has 0 aliphatic carbocycles. The first kappa shape index (κ1) is 14.6. The Balaban J connectivity index is 2.37. The Kier molecular flexibility index (Phi) is 4.79. The normalized spacial score (nSPS) is 12.6. The van der Waals surface area contributed by atoms with E-state index >= 15 is 0 Å². The summed E-state index contributed by atoms with van der Waals surface area (Å²) in [7, 11) is 0. The molecule has 1 aromatic heterocycles. The molecule has 1 atom stereocenters. The molecule has 20 heavy (non-hydrogen) atoms. The summed E-state index contributed by atoms with van der Waals surface area (Å²) in [5.74, 6) is -0.342. The van der Waals surface area contributed by atoms with Crippen molar-refractivity contribution in [1.29, 1.82) is 0 Å². The number of esters is 1. The predicted octanol–water partition coefficient (Wildman–Crippen LogP) is 2.73. The van der Waals surface area contributed by atoms with E-state index in [-0.39, 0.29) is 11.9 Å². The summed E-state index contributed by atoms with van der Waals surface area (Å²) in [6.45, 7) is 4.87. The fourth-order valence-corrected chi connectivity index (χ4v) is 2.56. The van der Waals surface area contributed by atoms with Crippen molar-refractivity contribution in [2.45, 2.75) is 32.6 Å². The molecule has 0 saturated carbocycles. The van der Waals surface area contributed by atoms with E-state index in [4.69, 9.17) is 10.5 Å². The van der Waals surface area contributed by atoms with Crippen LogP contribution in [0.3, 0.4) is 0 Å². The van der Waals surface area contributed by atoms with Crippen molar-refractivity contribution in [3.63, 3.8) is 0 Å². The number of benzene rings is 1. The molecule has 4 nitrogen and oxygen atoms in total. The van der Waals surface area contributed by atoms with Crippen LogP contribution in [0.15, 0.2) is 24.4 Å². The van der Waals surface area contributed by atoms with Gasteiger partial charge in [-0.25, -0.2) is 0 Å². The highest BCUT2D eigenvalue weighted by Crippen LogP contribution is 2.27. The SMILES string of the molecule is CCOC(=O)C(CC)c1ccc2[nH]cc(CCN)c2c1. The molecule has 1 unspecified atom stereocenters. The average molecular weight is 274 g/mol. The zero-order valence-electron chi connectivity index (χ0n) is 12.1. The molecular formula is C16H22N2O2. The Morgan fingerprint density at radius 3 is 2.85 bits per heavy atom. The highest BCUT2D eigenvalue weighted by atomic mass is 16.5. The van der Waals surface area contributed by atoms with Gasteiger partial charge in [0.15, 0.2) is 0 Å². The van der Waals surface area contributed by atoms with E-state index in [1.807, 2.05) is 32.2 Å². The highest BCUT2D eigenvalue weighted by molar-refractivity contribution is 5.86. The fourth-order valence-electron chi connectivity index (χ4n) is 2.56. The van der Waals surface area contributed by atoms with Crippen LogP contribution < -0.4 is 5.73 Å². The first-order chi connectivity index (χ1) is 9.71. The molecule has 2 rings (SSSR count). The number of rotatable bonds is 6. The van der Waals surface area contributed by atoms with Crippen molar-refractivity contribution in [3.05, 3.63) is 35.5 Å². The van der Waals surface area contributed by atoms with E-state index in [0.717, 1.165) is 29.3 Å². The van der Waals surface area contributed by atoms with Crippen LogP contribution in [0, 0.1) is 0 Å². The quantitative estimate of drug-likeness (QED) is 0.796. The molecule has 108 valence electrons. The summed E-state index contributed by atoms with van der Waals surface area (Å²) < 4.78 is 5.15. The lowest BCUT2D eigenvalue weighted by atomic mass is 9.94. The van der Waals surface area contributed by atoms with Crippen LogP contribution in [-0.2, 0) is 16.0 Å². The van der Waals surface area contributed by atoms with Gasteiger partial charge in [0, 0.05) is 17.1 Å². The van der Waals surface area contributed by atoms with Crippen molar-refractivity contribution in [2.75, 3.05) is 13.2 Å². The lowest BCUT2D eigenvalue weighted by Crippen LogP contribution is -2.15. The predicted molar refractivity (Wildman–Crippen MR) is 80.7 cm³/mol. The van der Waals surface area contributed by atoms with E-state index in [2.05, 4.69) is 11.1 Å². The van der Waals surface area contributed by atoms with Gasteiger partial charge < -0.3 is 15.5 Å². The minimum Gasteiger partial charge on any atom is -0.466 e. The molecule has 0 radical (unpaired) electrons. The number of H-pyrrole nitrogens is 1. The van der Waals surface area contributed by atoms with Gasteiger partial charge in [0.1, 0.15) is 0 Å². The summed E-state index contributed by atoms with van der Waals surface area (Å²) in [5.41, 5.74) is 8.92. The first-order valence-electron chi connectivity index (χ1n) is 7.17. The van der Waals surface area contributed by atoms with Crippen LogP contribution >= 0.6 is 0 Å². The van der Waals surface area contributed by atoms with Crippen molar-refractivity contribution in [2.24, 2.45) is 5.73 Å². The number of fused-ring (bicyclic) bond motifs is 1. The largest absolute Gasteiger partial charge is 0.466 e. The smallest absolute Gasteiger partial charge is 0.313 e. The van der Waals surface area contributed by atoms with Crippen molar-refractivity contribution in [3.8, 4) is 0 Å². The van der Waals surface area contributed by atoms with Gasteiger partial charge in [0.2, 0.25) is 0 Å². The van der Waals surface area contributed by atoms with Crippen LogP contribution in [0.2, 0.25) is 0 Å². The molecule has 1 heterocycles. The monoisotopic (exact) mass is 274 g/mol. The molecule has 3 N–H and O–H groups in total.